The molecule has 1 saturated heterocycles. The number of hydrogen-bond acceptors (Lipinski definition) is 3. The van der Waals surface area contributed by atoms with Crippen LogP contribution >= 0.6 is 0 Å². The molecule has 2 aliphatic rings. The van der Waals surface area contributed by atoms with Gasteiger partial charge in [0.1, 0.15) is 6.10 Å². The highest BCUT2D eigenvalue weighted by molar-refractivity contribution is 5.21. The molecular weight excluding hydrogens is 188 g/mol. The average molecular weight is 204 g/mol. The van der Waals surface area contributed by atoms with Gasteiger partial charge in [0.2, 0.25) is 5.88 Å². The van der Waals surface area contributed by atoms with Crippen molar-refractivity contribution in [3.05, 3.63) is 23.9 Å². The summed E-state index contributed by atoms with van der Waals surface area (Å²) < 4.78 is 5.82. The summed E-state index contributed by atoms with van der Waals surface area (Å²) in [5, 5.41) is 3.29. The molecule has 80 valence electrons. The third-order valence-corrected chi connectivity index (χ3v) is 3.04. The second-order valence-corrected chi connectivity index (χ2v) is 4.41. The number of nitrogens with one attached hydrogen (secondary N) is 1. The Kier molecular flexibility index (Phi) is 2.33. The Morgan fingerprint density at radius 1 is 1.27 bits per heavy atom. The van der Waals surface area contributed by atoms with Crippen LogP contribution in [0.1, 0.15) is 30.9 Å². The Morgan fingerprint density at radius 3 is 2.93 bits per heavy atom. The van der Waals surface area contributed by atoms with Crippen LogP contribution in [0.2, 0.25) is 0 Å². The van der Waals surface area contributed by atoms with Gasteiger partial charge in [-0.2, -0.15) is 0 Å². The average Bonchev–Trinajstić information content (AvgIpc) is 3.00. The highest BCUT2D eigenvalue weighted by atomic mass is 16.5. The first-order valence-corrected chi connectivity index (χ1v) is 5.76. The van der Waals surface area contributed by atoms with Gasteiger partial charge in [-0.05, 0) is 31.9 Å². The molecule has 0 amide bonds. The maximum atomic E-state index is 5.82. The van der Waals surface area contributed by atoms with Crippen LogP contribution in [0.4, 0.5) is 0 Å². The Morgan fingerprint density at radius 2 is 2.20 bits per heavy atom. The number of hydrogen-bond donors (Lipinski definition) is 1. The van der Waals surface area contributed by atoms with E-state index in [0.717, 1.165) is 25.4 Å². The van der Waals surface area contributed by atoms with E-state index < -0.39 is 0 Å². The van der Waals surface area contributed by atoms with Crippen molar-refractivity contribution in [1.82, 2.24) is 10.3 Å². The number of ether oxygens (including phenoxy) is 1. The van der Waals surface area contributed by atoms with Gasteiger partial charge in [0.25, 0.3) is 0 Å². The molecule has 1 aromatic rings. The summed E-state index contributed by atoms with van der Waals surface area (Å²) in [7, 11) is 0. The summed E-state index contributed by atoms with van der Waals surface area (Å²) in [6.45, 7) is 2.02. The zero-order valence-corrected chi connectivity index (χ0v) is 8.78. The van der Waals surface area contributed by atoms with Crippen molar-refractivity contribution in [3.8, 4) is 5.88 Å². The van der Waals surface area contributed by atoms with E-state index in [4.69, 9.17) is 4.74 Å². The van der Waals surface area contributed by atoms with Gasteiger partial charge in [-0.1, -0.05) is 6.07 Å². The Labute approximate surface area is 89.9 Å². The van der Waals surface area contributed by atoms with Crippen molar-refractivity contribution < 1.29 is 4.74 Å². The fourth-order valence-corrected chi connectivity index (χ4v) is 2.00. The van der Waals surface area contributed by atoms with Gasteiger partial charge in [-0.25, -0.2) is 4.98 Å². The molecule has 3 nitrogen and oxygen atoms in total. The summed E-state index contributed by atoms with van der Waals surface area (Å²) in [5.41, 5.74) is 1.21. The molecule has 1 aliphatic heterocycles. The minimum absolute atomic E-state index is 0.312. The van der Waals surface area contributed by atoms with Crippen LogP contribution in [0.15, 0.2) is 18.2 Å². The third-order valence-electron chi connectivity index (χ3n) is 3.04. The quantitative estimate of drug-likeness (QED) is 0.813. The fourth-order valence-electron chi connectivity index (χ4n) is 2.00. The number of aromatic nitrogens is 1. The number of rotatable bonds is 3. The zero-order valence-electron chi connectivity index (χ0n) is 8.78. The topological polar surface area (TPSA) is 34.1 Å². The lowest BCUT2D eigenvalue weighted by Gasteiger charge is -2.11. The minimum atomic E-state index is 0.312. The lowest BCUT2D eigenvalue weighted by Crippen LogP contribution is -2.20. The summed E-state index contributed by atoms with van der Waals surface area (Å²) >= 11 is 0. The summed E-state index contributed by atoms with van der Waals surface area (Å²) in [6, 6.07) is 6.12. The van der Waals surface area contributed by atoms with Crippen LogP contribution in [0.25, 0.3) is 0 Å². The molecule has 1 aliphatic carbocycles. The highest BCUT2D eigenvalue weighted by Gasteiger charge is 2.25. The van der Waals surface area contributed by atoms with E-state index in [2.05, 4.69) is 22.4 Å². The second kappa shape index (κ2) is 3.81. The molecule has 1 unspecified atom stereocenters. The normalized spacial score (nSPS) is 25.5. The molecule has 2 heterocycles. The van der Waals surface area contributed by atoms with Gasteiger partial charge in [-0.15, -0.1) is 0 Å². The van der Waals surface area contributed by atoms with Crippen molar-refractivity contribution in [3.63, 3.8) is 0 Å². The van der Waals surface area contributed by atoms with E-state index in [0.29, 0.717) is 12.0 Å². The highest BCUT2D eigenvalue weighted by Crippen LogP contribution is 2.39. The molecular formula is C12H16N2O. The lowest BCUT2D eigenvalue weighted by molar-refractivity contribution is 0.213. The fraction of sp³-hybridized carbons (Fsp3) is 0.583. The molecule has 3 heteroatoms. The van der Waals surface area contributed by atoms with Gasteiger partial charge < -0.3 is 10.1 Å². The van der Waals surface area contributed by atoms with Gasteiger partial charge in [0.05, 0.1) is 0 Å². The van der Waals surface area contributed by atoms with Crippen LogP contribution in [0.5, 0.6) is 5.88 Å². The smallest absolute Gasteiger partial charge is 0.213 e. The Hall–Kier alpha value is -1.09. The van der Waals surface area contributed by atoms with E-state index in [1.807, 2.05) is 6.07 Å². The minimum Gasteiger partial charge on any atom is -0.473 e. The second-order valence-electron chi connectivity index (χ2n) is 4.41. The van der Waals surface area contributed by atoms with Crippen molar-refractivity contribution >= 4 is 0 Å². The van der Waals surface area contributed by atoms with Crippen molar-refractivity contribution in [2.75, 3.05) is 13.1 Å². The SMILES string of the molecule is c1cc(OC2CCNC2)nc(C2CC2)c1. The predicted octanol–water partition coefficient (Wildman–Crippen LogP) is 1.70. The van der Waals surface area contributed by atoms with Crippen LogP contribution < -0.4 is 10.1 Å². The maximum absolute atomic E-state index is 5.82. The van der Waals surface area contributed by atoms with Gasteiger partial charge in [0, 0.05) is 24.2 Å². The third kappa shape index (κ3) is 2.12. The van der Waals surface area contributed by atoms with Crippen molar-refractivity contribution in [2.24, 2.45) is 0 Å². The predicted molar refractivity (Wildman–Crippen MR) is 58.1 cm³/mol. The van der Waals surface area contributed by atoms with Gasteiger partial charge >= 0.3 is 0 Å². The summed E-state index contributed by atoms with van der Waals surface area (Å²) in [4.78, 5) is 4.55. The standard InChI is InChI=1S/C12H16N2O/c1-2-11(9-4-5-9)14-12(3-1)15-10-6-7-13-8-10/h1-3,9-10,13H,4-8H2. The van der Waals surface area contributed by atoms with Gasteiger partial charge in [0.15, 0.2) is 0 Å². The molecule has 0 radical (unpaired) electrons. The molecule has 1 N–H and O–H groups in total. The van der Waals surface area contributed by atoms with Crippen molar-refractivity contribution in [2.45, 2.75) is 31.3 Å². The molecule has 15 heavy (non-hydrogen) atoms. The maximum Gasteiger partial charge on any atom is 0.213 e. The monoisotopic (exact) mass is 204 g/mol. The molecule has 1 saturated carbocycles. The number of nitrogens with zero attached hydrogens (tertiary/aromatic N) is 1. The molecule has 3 rings (SSSR count). The van der Waals surface area contributed by atoms with Gasteiger partial charge in [-0.3, -0.25) is 0 Å². The summed E-state index contributed by atoms with van der Waals surface area (Å²) in [5.74, 6) is 1.50. The molecule has 1 atom stereocenters. The van der Waals surface area contributed by atoms with E-state index in [1.165, 1.54) is 18.5 Å². The summed E-state index contributed by atoms with van der Waals surface area (Å²) in [6.07, 6.45) is 3.99. The Balaban J connectivity index is 1.70. The molecule has 1 aromatic heterocycles. The van der Waals surface area contributed by atoms with E-state index in [9.17, 15) is 0 Å². The molecule has 0 aromatic carbocycles. The molecule has 2 fully saturated rings. The lowest BCUT2D eigenvalue weighted by atomic mass is 10.2. The van der Waals surface area contributed by atoms with Crippen LogP contribution in [0.3, 0.4) is 0 Å². The zero-order chi connectivity index (χ0) is 10.1. The first-order valence-electron chi connectivity index (χ1n) is 5.76. The van der Waals surface area contributed by atoms with Crippen LogP contribution in [-0.2, 0) is 0 Å². The van der Waals surface area contributed by atoms with E-state index in [1.54, 1.807) is 0 Å². The van der Waals surface area contributed by atoms with Crippen LogP contribution in [0, 0.1) is 0 Å². The molecule has 0 bridgehead atoms. The van der Waals surface area contributed by atoms with E-state index in [-0.39, 0.29) is 0 Å². The number of pyridine rings is 1. The van der Waals surface area contributed by atoms with Crippen molar-refractivity contribution in [1.29, 1.82) is 0 Å². The first-order chi connectivity index (χ1) is 7.42. The van der Waals surface area contributed by atoms with Crippen LogP contribution in [-0.4, -0.2) is 24.2 Å². The largest absolute Gasteiger partial charge is 0.473 e. The first kappa shape index (κ1) is 9.16. The molecule has 0 spiro atoms. The van der Waals surface area contributed by atoms with E-state index >= 15 is 0 Å². The Bertz CT molecular complexity index is 343.